The Morgan fingerprint density at radius 3 is 2.41 bits per heavy atom. The first-order chi connectivity index (χ1) is 15.1. The van der Waals surface area contributed by atoms with E-state index in [0.717, 1.165) is 6.07 Å². The van der Waals surface area contributed by atoms with Gasteiger partial charge in [-0.15, -0.1) is 0 Å². The maximum Gasteiger partial charge on any atom is 0.418 e. The lowest BCUT2D eigenvalue weighted by molar-refractivity contribution is -0.137. The number of rotatable bonds is 9. The summed E-state index contributed by atoms with van der Waals surface area (Å²) in [5, 5.41) is 0. The molecule has 2 aromatic rings. The van der Waals surface area contributed by atoms with Crippen LogP contribution >= 0.6 is 0 Å². The molecule has 8 heteroatoms. The van der Waals surface area contributed by atoms with Gasteiger partial charge in [0.1, 0.15) is 17.9 Å². The van der Waals surface area contributed by atoms with Crippen LogP contribution in [0, 0.1) is 5.92 Å². The second-order valence-electron chi connectivity index (χ2n) is 7.66. The van der Waals surface area contributed by atoms with Crippen LogP contribution in [0.3, 0.4) is 0 Å². The van der Waals surface area contributed by atoms with Crippen molar-refractivity contribution in [1.29, 1.82) is 0 Å². The number of alkyl halides is 3. The van der Waals surface area contributed by atoms with Gasteiger partial charge in [0.15, 0.2) is 0 Å². The fraction of sp³-hybridized carbons (Fsp3) is 0.375. The van der Waals surface area contributed by atoms with E-state index in [9.17, 15) is 18.0 Å². The van der Waals surface area contributed by atoms with E-state index >= 15 is 0 Å². The molecular weight excluding hydrogens is 423 g/mol. The van der Waals surface area contributed by atoms with E-state index in [1.54, 1.807) is 36.2 Å². The Hall–Kier alpha value is -3.16. The molecule has 0 amide bonds. The SMILES string of the molecule is COC=C(C(=O)OC)c1ccccc1COc1ccc(N(C)CC(C)C)c(C(F)(F)F)c1. The van der Waals surface area contributed by atoms with Crippen molar-refractivity contribution >= 4 is 17.2 Å². The molecule has 0 heterocycles. The van der Waals surface area contributed by atoms with Gasteiger partial charge in [0.25, 0.3) is 0 Å². The molecule has 2 rings (SSSR count). The highest BCUT2D eigenvalue weighted by Gasteiger charge is 2.35. The molecule has 0 aliphatic heterocycles. The molecule has 174 valence electrons. The third-order valence-electron chi connectivity index (χ3n) is 4.67. The number of anilines is 1. The zero-order valence-electron chi connectivity index (χ0n) is 18.8. The molecule has 0 saturated heterocycles. The van der Waals surface area contributed by atoms with Gasteiger partial charge in [-0.3, -0.25) is 0 Å². The van der Waals surface area contributed by atoms with Gasteiger partial charge in [-0.2, -0.15) is 13.2 Å². The maximum atomic E-state index is 13.7. The zero-order chi connectivity index (χ0) is 23.9. The number of carbonyl (C=O) groups is 1. The molecule has 0 N–H and O–H groups in total. The lowest BCUT2D eigenvalue weighted by Crippen LogP contribution is -2.25. The maximum absolute atomic E-state index is 13.7. The Morgan fingerprint density at radius 1 is 1.12 bits per heavy atom. The minimum atomic E-state index is -4.53. The van der Waals surface area contributed by atoms with E-state index in [4.69, 9.17) is 14.2 Å². The van der Waals surface area contributed by atoms with Gasteiger partial charge < -0.3 is 19.1 Å². The van der Waals surface area contributed by atoms with Gasteiger partial charge in [0.05, 0.1) is 26.0 Å². The molecule has 32 heavy (non-hydrogen) atoms. The van der Waals surface area contributed by atoms with Crippen molar-refractivity contribution in [3.63, 3.8) is 0 Å². The number of methoxy groups -OCH3 is 2. The average molecular weight is 451 g/mol. The number of esters is 1. The predicted molar refractivity (Wildman–Crippen MR) is 117 cm³/mol. The van der Waals surface area contributed by atoms with Crippen LogP contribution in [0.1, 0.15) is 30.5 Å². The van der Waals surface area contributed by atoms with Crippen molar-refractivity contribution in [2.45, 2.75) is 26.6 Å². The summed E-state index contributed by atoms with van der Waals surface area (Å²) in [6.45, 7) is 4.32. The monoisotopic (exact) mass is 451 g/mol. The van der Waals surface area contributed by atoms with Crippen LogP contribution in [0.25, 0.3) is 5.57 Å². The summed E-state index contributed by atoms with van der Waals surface area (Å²) in [4.78, 5) is 13.7. The van der Waals surface area contributed by atoms with E-state index in [-0.39, 0.29) is 29.5 Å². The number of halogens is 3. The molecule has 0 atom stereocenters. The van der Waals surface area contributed by atoms with Crippen molar-refractivity contribution < 1.29 is 32.2 Å². The van der Waals surface area contributed by atoms with Crippen molar-refractivity contribution in [3.05, 3.63) is 65.4 Å². The molecular formula is C24H28F3NO4. The highest BCUT2D eigenvalue weighted by molar-refractivity contribution is 6.16. The summed E-state index contributed by atoms with van der Waals surface area (Å²) in [5.74, 6) is -0.321. The second-order valence-corrected chi connectivity index (χ2v) is 7.66. The van der Waals surface area contributed by atoms with Gasteiger partial charge in [-0.1, -0.05) is 38.1 Å². The largest absolute Gasteiger partial charge is 0.503 e. The van der Waals surface area contributed by atoms with Crippen molar-refractivity contribution in [2.75, 3.05) is 32.7 Å². The normalized spacial score (nSPS) is 12.0. The molecule has 0 radical (unpaired) electrons. The Morgan fingerprint density at radius 2 is 1.81 bits per heavy atom. The smallest absolute Gasteiger partial charge is 0.418 e. The highest BCUT2D eigenvalue weighted by Crippen LogP contribution is 2.39. The fourth-order valence-corrected chi connectivity index (χ4v) is 3.33. The summed E-state index contributed by atoms with van der Waals surface area (Å²) in [6.07, 6.45) is -3.27. The van der Waals surface area contributed by atoms with E-state index < -0.39 is 17.7 Å². The van der Waals surface area contributed by atoms with Crippen molar-refractivity contribution in [2.24, 2.45) is 5.92 Å². The number of carbonyl (C=O) groups excluding carboxylic acids is 1. The summed E-state index contributed by atoms with van der Waals surface area (Å²) in [7, 11) is 4.29. The fourth-order valence-electron chi connectivity index (χ4n) is 3.33. The molecule has 0 bridgehead atoms. The Bertz CT molecular complexity index is 955. The molecule has 0 spiro atoms. The standard InChI is InChI=1S/C24H28F3NO4/c1-16(2)13-28(3)22-11-10-18(12-21(22)24(25,26)27)32-14-17-8-6-7-9-19(17)20(15-30-4)23(29)31-5/h6-12,15-16H,13-14H2,1-5H3. The molecule has 0 saturated carbocycles. The Labute approximate surface area is 186 Å². The predicted octanol–water partition coefficient (Wildman–Crippen LogP) is 5.54. The average Bonchev–Trinajstić information content (AvgIpc) is 2.74. The number of benzene rings is 2. The third kappa shape index (κ3) is 6.42. The van der Waals surface area contributed by atoms with Crippen LogP contribution in [-0.2, 0) is 27.1 Å². The van der Waals surface area contributed by atoms with Crippen LogP contribution in [0.5, 0.6) is 5.75 Å². The van der Waals surface area contributed by atoms with Gasteiger partial charge in [0.2, 0.25) is 0 Å². The minimum absolute atomic E-state index is 0.0489. The third-order valence-corrected chi connectivity index (χ3v) is 4.67. The summed E-state index contributed by atoms with van der Waals surface area (Å²) in [5.41, 5.74) is 0.605. The lowest BCUT2D eigenvalue weighted by atomic mass is 10.0. The van der Waals surface area contributed by atoms with Gasteiger partial charge in [0, 0.05) is 19.3 Å². The number of hydrogen-bond acceptors (Lipinski definition) is 5. The van der Waals surface area contributed by atoms with Crippen LogP contribution in [0.2, 0.25) is 0 Å². The van der Waals surface area contributed by atoms with Crippen molar-refractivity contribution in [1.82, 2.24) is 0 Å². The summed E-state index contributed by atoms with van der Waals surface area (Å²) < 4.78 is 56.6. The highest BCUT2D eigenvalue weighted by atomic mass is 19.4. The van der Waals surface area contributed by atoms with Gasteiger partial charge in [-0.05, 0) is 35.2 Å². The first-order valence-electron chi connectivity index (χ1n) is 10.0. The lowest BCUT2D eigenvalue weighted by Gasteiger charge is -2.25. The molecule has 0 fully saturated rings. The number of nitrogens with zero attached hydrogens (tertiary/aromatic N) is 1. The zero-order valence-corrected chi connectivity index (χ0v) is 18.8. The number of hydrogen-bond donors (Lipinski definition) is 0. The van der Waals surface area contributed by atoms with Gasteiger partial charge >= 0.3 is 12.1 Å². The second kappa shape index (κ2) is 10.9. The molecule has 0 aliphatic carbocycles. The van der Waals surface area contributed by atoms with Crippen LogP contribution < -0.4 is 9.64 Å². The van der Waals surface area contributed by atoms with Crippen LogP contribution in [-0.4, -0.2) is 33.8 Å². The Kier molecular flexibility index (Phi) is 8.57. The van der Waals surface area contributed by atoms with E-state index in [2.05, 4.69) is 0 Å². The van der Waals surface area contributed by atoms with Crippen LogP contribution in [0.4, 0.5) is 18.9 Å². The molecule has 5 nitrogen and oxygen atoms in total. The van der Waals surface area contributed by atoms with Gasteiger partial charge in [-0.25, -0.2) is 4.79 Å². The molecule has 0 aromatic heterocycles. The van der Waals surface area contributed by atoms with E-state index in [1.165, 1.54) is 32.6 Å². The van der Waals surface area contributed by atoms with E-state index in [1.807, 2.05) is 13.8 Å². The summed E-state index contributed by atoms with van der Waals surface area (Å²) >= 11 is 0. The molecule has 0 unspecified atom stereocenters. The van der Waals surface area contributed by atoms with E-state index in [0.29, 0.717) is 17.7 Å². The molecule has 0 aliphatic rings. The topological polar surface area (TPSA) is 48.0 Å². The number of ether oxygens (including phenoxy) is 3. The summed E-state index contributed by atoms with van der Waals surface area (Å²) in [6, 6.07) is 10.8. The quantitative estimate of drug-likeness (QED) is 0.285. The molecule has 2 aromatic carbocycles. The first kappa shape index (κ1) is 25.1. The van der Waals surface area contributed by atoms with Crippen molar-refractivity contribution in [3.8, 4) is 5.75 Å². The Balaban J connectivity index is 2.34. The first-order valence-corrected chi connectivity index (χ1v) is 10.0. The van der Waals surface area contributed by atoms with Crippen LogP contribution in [0.15, 0.2) is 48.7 Å². The minimum Gasteiger partial charge on any atom is -0.503 e.